The summed E-state index contributed by atoms with van der Waals surface area (Å²) >= 11 is 0. The fraction of sp³-hybridized carbons (Fsp3) is 0.444. The number of hydrogen-bond acceptors (Lipinski definition) is 3. The largest absolute Gasteiger partial charge is 0.480 e. The van der Waals surface area contributed by atoms with E-state index in [-0.39, 0.29) is 10.8 Å². The van der Waals surface area contributed by atoms with Crippen molar-refractivity contribution >= 4 is 16.0 Å². The highest BCUT2D eigenvalue weighted by molar-refractivity contribution is 7.89. The van der Waals surface area contributed by atoms with E-state index in [0.29, 0.717) is 0 Å². The smallest absolute Gasteiger partial charge is 0.322 e. The van der Waals surface area contributed by atoms with Crippen molar-refractivity contribution in [2.24, 2.45) is 5.92 Å². The number of carboxylic acids is 1. The van der Waals surface area contributed by atoms with E-state index in [1.54, 1.807) is 13.8 Å². The number of nitrogens with one attached hydrogen (secondary N) is 2. The lowest BCUT2D eigenvalue weighted by Crippen LogP contribution is -2.44. The number of sulfonamides is 1. The molecule has 0 saturated carbocycles. The first-order valence-corrected chi connectivity index (χ1v) is 6.21. The van der Waals surface area contributed by atoms with E-state index in [4.69, 9.17) is 5.11 Å². The van der Waals surface area contributed by atoms with Gasteiger partial charge in [-0.2, -0.15) is 4.72 Å². The van der Waals surface area contributed by atoms with Gasteiger partial charge in [0, 0.05) is 12.4 Å². The Morgan fingerprint density at radius 3 is 2.50 bits per heavy atom. The maximum absolute atomic E-state index is 11.7. The average molecular weight is 246 g/mol. The van der Waals surface area contributed by atoms with E-state index in [1.807, 2.05) is 0 Å². The first-order chi connectivity index (χ1) is 7.34. The van der Waals surface area contributed by atoms with Crippen LogP contribution < -0.4 is 4.72 Å². The lowest BCUT2D eigenvalue weighted by atomic mass is 10.1. The molecule has 0 aliphatic heterocycles. The van der Waals surface area contributed by atoms with Crippen LogP contribution in [0.2, 0.25) is 0 Å². The van der Waals surface area contributed by atoms with Gasteiger partial charge in [-0.1, -0.05) is 13.8 Å². The van der Waals surface area contributed by atoms with Gasteiger partial charge >= 0.3 is 5.97 Å². The molecule has 0 fully saturated rings. The van der Waals surface area contributed by atoms with E-state index < -0.39 is 22.0 Å². The van der Waals surface area contributed by atoms with Crippen LogP contribution in [0.15, 0.2) is 23.4 Å². The fourth-order valence-corrected chi connectivity index (χ4v) is 2.50. The summed E-state index contributed by atoms with van der Waals surface area (Å²) in [5, 5.41) is 8.87. The van der Waals surface area contributed by atoms with Crippen LogP contribution >= 0.6 is 0 Å². The van der Waals surface area contributed by atoms with Crippen molar-refractivity contribution in [3.63, 3.8) is 0 Å². The molecule has 0 amide bonds. The minimum Gasteiger partial charge on any atom is -0.480 e. The summed E-state index contributed by atoms with van der Waals surface area (Å²) in [6.45, 7) is 3.27. The lowest BCUT2D eigenvalue weighted by molar-refractivity contribution is -0.140. The highest BCUT2D eigenvalue weighted by Crippen LogP contribution is 2.10. The van der Waals surface area contributed by atoms with Gasteiger partial charge in [-0.25, -0.2) is 8.42 Å². The molecule has 1 aromatic rings. The maximum atomic E-state index is 11.7. The van der Waals surface area contributed by atoms with Crippen LogP contribution in [0, 0.1) is 5.92 Å². The molecule has 7 heteroatoms. The fourth-order valence-electron chi connectivity index (χ4n) is 1.18. The first kappa shape index (κ1) is 12.7. The monoisotopic (exact) mass is 246 g/mol. The summed E-state index contributed by atoms with van der Waals surface area (Å²) in [5.74, 6) is -1.51. The molecule has 0 saturated heterocycles. The van der Waals surface area contributed by atoms with Crippen LogP contribution in [0.5, 0.6) is 0 Å². The third kappa shape index (κ3) is 2.83. The van der Waals surface area contributed by atoms with Crippen LogP contribution in [0.3, 0.4) is 0 Å². The number of aromatic amines is 1. The van der Waals surface area contributed by atoms with Gasteiger partial charge in [-0.3, -0.25) is 4.79 Å². The molecule has 16 heavy (non-hydrogen) atoms. The molecule has 0 spiro atoms. The number of rotatable bonds is 5. The standard InChI is InChI=1S/C9H14N2O4S/c1-6(2)8(9(12)13)11-16(14,15)7-3-4-10-5-7/h3-6,8,10-11H,1-2H3,(H,12,13). The molecule has 0 radical (unpaired) electrons. The minimum absolute atomic E-state index is 0.0272. The summed E-state index contributed by atoms with van der Waals surface area (Å²) in [7, 11) is -3.77. The molecule has 6 nitrogen and oxygen atoms in total. The van der Waals surface area contributed by atoms with Crippen LogP contribution in [0.4, 0.5) is 0 Å². The zero-order valence-corrected chi connectivity index (χ0v) is 9.78. The van der Waals surface area contributed by atoms with Gasteiger partial charge in [0.2, 0.25) is 10.0 Å². The number of hydrogen-bond donors (Lipinski definition) is 3. The van der Waals surface area contributed by atoms with E-state index in [9.17, 15) is 13.2 Å². The molecule has 0 aliphatic carbocycles. The molecular weight excluding hydrogens is 232 g/mol. The summed E-state index contributed by atoms with van der Waals surface area (Å²) < 4.78 is 25.6. The topological polar surface area (TPSA) is 99.3 Å². The number of carbonyl (C=O) groups is 1. The van der Waals surface area contributed by atoms with Crippen LogP contribution in [0.25, 0.3) is 0 Å². The highest BCUT2D eigenvalue weighted by Gasteiger charge is 2.27. The SMILES string of the molecule is CC(C)C(NS(=O)(=O)c1cc[nH]c1)C(=O)O. The Bertz CT molecular complexity index is 450. The summed E-state index contributed by atoms with van der Waals surface area (Å²) in [5.41, 5.74) is 0. The van der Waals surface area contributed by atoms with Gasteiger partial charge in [-0.05, 0) is 12.0 Å². The molecule has 1 aromatic heterocycles. The Balaban J connectivity index is 2.92. The van der Waals surface area contributed by atoms with E-state index >= 15 is 0 Å². The molecule has 1 unspecified atom stereocenters. The van der Waals surface area contributed by atoms with Gasteiger partial charge in [0.25, 0.3) is 0 Å². The summed E-state index contributed by atoms with van der Waals surface area (Å²) in [6.07, 6.45) is 2.75. The van der Waals surface area contributed by atoms with E-state index in [0.717, 1.165) is 0 Å². The molecular formula is C9H14N2O4S. The number of aromatic nitrogens is 1. The van der Waals surface area contributed by atoms with E-state index in [2.05, 4.69) is 9.71 Å². The van der Waals surface area contributed by atoms with Gasteiger partial charge in [0.05, 0.1) is 4.90 Å². The third-order valence-electron chi connectivity index (χ3n) is 2.09. The molecule has 1 atom stereocenters. The normalized spacial score (nSPS) is 13.9. The second-order valence-corrected chi connectivity index (χ2v) is 5.44. The van der Waals surface area contributed by atoms with Crippen molar-refractivity contribution < 1.29 is 18.3 Å². The van der Waals surface area contributed by atoms with Crippen LogP contribution in [0.1, 0.15) is 13.8 Å². The first-order valence-electron chi connectivity index (χ1n) is 4.72. The third-order valence-corrected chi connectivity index (χ3v) is 3.53. The molecule has 0 bridgehead atoms. The number of aliphatic carboxylic acids is 1. The lowest BCUT2D eigenvalue weighted by Gasteiger charge is -2.17. The molecule has 1 rings (SSSR count). The van der Waals surface area contributed by atoms with Gasteiger partial charge in [0.15, 0.2) is 0 Å². The zero-order chi connectivity index (χ0) is 12.3. The number of H-pyrrole nitrogens is 1. The van der Waals surface area contributed by atoms with Gasteiger partial charge in [-0.15, -0.1) is 0 Å². The molecule has 1 heterocycles. The summed E-state index contributed by atoms with van der Waals surface area (Å²) in [4.78, 5) is 13.5. The minimum atomic E-state index is -3.77. The quantitative estimate of drug-likeness (QED) is 0.700. The van der Waals surface area contributed by atoms with Crippen LogP contribution in [-0.4, -0.2) is 30.5 Å². The second kappa shape index (κ2) is 4.67. The molecule has 90 valence electrons. The maximum Gasteiger partial charge on any atom is 0.322 e. The van der Waals surface area contributed by atoms with E-state index in [1.165, 1.54) is 18.5 Å². The summed E-state index contributed by atoms with van der Waals surface area (Å²) in [6, 6.07) is 0.238. The van der Waals surface area contributed by atoms with Crippen molar-refractivity contribution in [3.8, 4) is 0 Å². The Morgan fingerprint density at radius 1 is 1.50 bits per heavy atom. The predicted octanol–water partition coefficient (Wildman–Crippen LogP) is 0.402. The molecule has 0 aromatic carbocycles. The van der Waals surface area contributed by atoms with Crippen molar-refractivity contribution in [3.05, 3.63) is 18.5 Å². The number of carboxylic acid groups (broad SMARTS) is 1. The zero-order valence-electron chi connectivity index (χ0n) is 8.97. The van der Waals surface area contributed by atoms with Crippen molar-refractivity contribution in [1.29, 1.82) is 0 Å². The van der Waals surface area contributed by atoms with Crippen molar-refractivity contribution in [2.45, 2.75) is 24.8 Å². The Morgan fingerprint density at radius 2 is 2.12 bits per heavy atom. The molecule has 0 aliphatic rings. The second-order valence-electron chi connectivity index (χ2n) is 3.73. The van der Waals surface area contributed by atoms with Gasteiger partial charge in [0.1, 0.15) is 6.04 Å². The van der Waals surface area contributed by atoms with Crippen LogP contribution in [-0.2, 0) is 14.8 Å². The van der Waals surface area contributed by atoms with Crippen molar-refractivity contribution in [1.82, 2.24) is 9.71 Å². The highest BCUT2D eigenvalue weighted by atomic mass is 32.2. The predicted molar refractivity (Wildman–Crippen MR) is 57.4 cm³/mol. The Hall–Kier alpha value is -1.34. The Labute approximate surface area is 93.7 Å². The molecule has 3 N–H and O–H groups in total. The average Bonchev–Trinajstić information content (AvgIpc) is 2.66. The van der Waals surface area contributed by atoms with Crippen molar-refractivity contribution in [2.75, 3.05) is 0 Å². The Kier molecular flexibility index (Phi) is 3.71. The van der Waals surface area contributed by atoms with Gasteiger partial charge < -0.3 is 10.1 Å².